The lowest BCUT2D eigenvalue weighted by molar-refractivity contribution is 0.0760. The predicted molar refractivity (Wildman–Crippen MR) is 103 cm³/mol. The molecule has 24 heavy (non-hydrogen) atoms. The molecule has 2 heterocycles. The number of rotatable bonds is 4. The van der Waals surface area contributed by atoms with E-state index in [0.717, 1.165) is 21.3 Å². The van der Waals surface area contributed by atoms with Crippen molar-refractivity contribution >= 4 is 45.7 Å². The largest absolute Gasteiger partial charge is 0.354 e. The Bertz CT molecular complexity index is 749. The van der Waals surface area contributed by atoms with E-state index in [0.29, 0.717) is 23.8 Å². The average molecular weight is 383 g/mol. The van der Waals surface area contributed by atoms with Gasteiger partial charge in [0, 0.05) is 38.0 Å². The van der Waals surface area contributed by atoms with Crippen molar-refractivity contribution in [3.05, 3.63) is 35.0 Å². The van der Waals surface area contributed by atoms with Gasteiger partial charge in [-0.15, -0.1) is 11.8 Å². The van der Waals surface area contributed by atoms with Gasteiger partial charge >= 0.3 is 0 Å². The summed E-state index contributed by atoms with van der Waals surface area (Å²) in [4.78, 5) is 22.3. The molecule has 1 fully saturated rings. The molecule has 1 aliphatic heterocycles. The molecule has 1 atom stereocenters. The zero-order valence-electron chi connectivity index (χ0n) is 13.5. The van der Waals surface area contributed by atoms with Gasteiger partial charge < -0.3 is 15.5 Å². The quantitative estimate of drug-likeness (QED) is 0.880. The molecule has 1 aliphatic rings. The molecule has 0 aliphatic carbocycles. The normalized spacial score (nSPS) is 17.3. The molecule has 1 amide bonds. The average Bonchev–Trinajstić information content (AvgIpc) is 3.21. The van der Waals surface area contributed by atoms with Gasteiger partial charge in [0.15, 0.2) is 5.13 Å². The molecule has 0 radical (unpaired) electrons. The van der Waals surface area contributed by atoms with Crippen molar-refractivity contribution in [3.63, 3.8) is 0 Å². The summed E-state index contributed by atoms with van der Waals surface area (Å²) in [5.41, 5.74) is 7.19. The van der Waals surface area contributed by atoms with Crippen molar-refractivity contribution < 1.29 is 4.79 Å². The van der Waals surface area contributed by atoms with Gasteiger partial charge in [-0.05, 0) is 17.7 Å². The SMILES string of the molecule is CN(C)c1nc(C(=O)N2CCSC2CN)c(-c2cccc(Cl)c2)s1. The van der Waals surface area contributed by atoms with E-state index in [1.165, 1.54) is 11.3 Å². The smallest absolute Gasteiger partial charge is 0.275 e. The summed E-state index contributed by atoms with van der Waals surface area (Å²) in [6, 6.07) is 7.52. The standard InChI is InChI=1S/C16H19ClN4OS2/c1-20(2)16-19-13(15(22)21-6-7-23-12(21)9-18)14(24-16)10-4-3-5-11(17)8-10/h3-5,8,12H,6-7,9,18H2,1-2H3. The van der Waals surface area contributed by atoms with Crippen LogP contribution in [0.25, 0.3) is 10.4 Å². The van der Waals surface area contributed by atoms with Crippen molar-refractivity contribution in [2.24, 2.45) is 5.73 Å². The number of halogens is 1. The summed E-state index contributed by atoms with van der Waals surface area (Å²) in [7, 11) is 3.84. The number of nitrogens with zero attached hydrogens (tertiary/aromatic N) is 3. The summed E-state index contributed by atoms with van der Waals surface area (Å²) in [5, 5.41) is 1.46. The van der Waals surface area contributed by atoms with Crippen molar-refractivity contribution in [2.45, 2.75) is 5.37 Å². The molecule has 1 aromatic heterocycles. The van der Waals surface area contributed by atoms with Gasteiger partial charge in [0.1, 0.15) is 5.69 Å². The Kier molecular flexibility index (Phi) is 5.34. The lowest BCUT2D eigenvalue weighted by Crippen LogP contribution is -2.39. The van der Waals surface area contributed by atoms with Gasteiger partial charge in [-0.25, -0.2) is 4.98 Å². The highest BCUT2D eigenvalue weighted by molar-refractivity contribution is 8.00. The minimum atomic E-state index is -0.0604. The van der Waals surface area contributed by atoms with Gasteiger partial charge in [0.25, 0.3) is 5.91 Å². The maximum absolute atomic E-state index is 13.1. The Morgan fingerprint density at radius 2 is 2.29 bits per heavy atom. The van der Waals surface area contributed by atoms with Crippen LogP contribution in [0.1, 0.15) is 10.5 Å². The predicted octanol–water partition coefficient (Wildman–Crippen LogP) is 3.00. The van der Waals surface area contributed by atoms with Crippen LogP contribution < -0.4 is 10.6 Å². The Hall–Kier alpha value is -1.28. The molecule has 1 saturated heterocycles. The van der Waals surface area contributed by atoms with Crippen molar-refractivity contribution in [3.8, 4) is 10.4 Å². The number of carbonyl (C=O) groups is 1. The zero-order valence-corrected chi connectivity index (χ0v) is 15.9. The first-order valence-electron chi connectivity index (χ1n) is 7.58. The van der Waals surface area contributed by atoms with E-state index < -0.39 is 0 Å². The lowest BCUT2D eigenvalue weighted by atomic mass is 10.1. The zero-order chi connectivity index (χ0) is 17.3. The van der Waals surface area contributed by atoms with Crippen molar-refractivity contribution in [1.29, 1.82) is 0 Å². The molecule has 0 spiro atoms. The molecule has 5 nitrogen and oxygen atoms in total. The first-order valence-corrected chi connectivity index (χ1v) is 9.82. The highest BCUT2D eigenvalue weighted by Crippen LogP contribution is 2.37. The van der Waals surface area contributed by atoms with Crippen LogP contribution in [0, 0.1) is 0 Å². The number of thioether (sulfide) groups is 1. The van der Waals surface area contributed by atoms with E-state index in [1.54, 1.807) is 11.8 Å². The number of aromatic nitrogens is 1. The highest BCUT2D eigenvalue weighted by Gasteiger charge is 2.32. The van der Waals surface area contributed by atoms with Gasteiger partial charge in [-0.3, -0.25) is 4.79 Å². The fourth-order valence-corrected chi connectivity index (χ4v) is 4.81. The Labute approximate surface area is 154 Å². The van der Waals surface area contributed by atoms with Crippen LogP contribution in [0.2, 0.25) is 5.02 Å². The third-order valence-electron chi connectivity index (χ3n) is 3.74. The number of carbonyl (C=O) groups excluding carboxylic acids is 1. The third-order valence-corrected chi connectivity index (χ3v) is 6.50. The molecule has 8 heteroatoms. The second-order valence-corrected chi connectivity index (χ2v) is 8.34. The number of amides is 1. The first-order chi connectivity index (χ1) is 11.5. The fourth-order valence-electron chi connectivity index (χ4n) is 2.56. The summed E-state index contributed by atoms with van der Waals surface area (Å²) in [6.07, 6.45) is 0. The molecule has 0 saturated carbocycles. The number of benzene rings is 1. The first kappa shape index (κ1) is 17.5. The van der Waals surface area contributed by atoms with Crippen LogP contribution >= 0.6 is 34.7 Å². The summed E-state index contributed by atoms with van der Waals surface area (Å²) in [6.45, 7) is 1.16. The molecule has 1 aromatic carbocycles. The minimum absolute atomic E-state index is 0.0224. The molecule has 0 bridgehead atoms. The summed E-state index contributed by atoms with van der Waals surface area (Å²) >= 11 is 9.34. The Balaban J connectivity index is 2.04. The topological polar surface area (TPSA) is 62.5 Å². The van der Waals surface area contributed by atoms with E-state index in [-0.39, 0.29) is 11.3 Å². The third kappa shape index (κ3) is 3.39. The number of thiazole rings is 1. The van der Waals surface area contributed by atoms with Crippen molar-refractivity contribution in [1.82, 2.24) is 9.88 Å². The van der Waals surface area contributed by atoms with E-state index in [4.69, 9.17) is 17.3 Å². The van der Waals surface area contributed by atoms with E-state index in [9.17, 15) is 4.79 Å². The second kappa shape index (κ2) is 7.31. The van der Waals surface area contributed by atoms with Crippen LogP contribution in [0.5, 0.6) is 0 Å². The molecular formula is C16H19ClN4OS2. The van der Waals surface area contributed by atoms with Gasteiger partial charge in [0.2, 0.25) is 0 Å². The van der Waals surface area contributed by atoms with Crippen LogP contribution in [-0.4, -0.2) is 54.1 Å². The summed E-state index contributed by atoms with van der Waals surface area (Å²) < 4.78 is 0. The van der Waals surface area contributed by atoms with Crippen LogP contribution in [-0.2, 0) is 0 Å². The van der Waals surface area contributed by atoms with E-state index in [2.05, 4.69) is 4.98 Å². The summed E-state index contributed by atoms with van der Waals surface area (Å²) in [5.74, 6) is 0.847. The lowest BCUT2D eigenvalue weighted by Gasteiger charge is -2.22. The van der Waals surface area contributed by atoms with Crippen LogP contribution in [0.3, 0.4) is 0 Å². The molecule has 128 valence electrons. The molecule has 1 unspecified atom stereocenters. The number of anilines is 1. The van der Waals surface area contributed by atoms with Crippen molar-refractivity contribution in [2.75, 3.05) is 37.8 Å². The minimum Gasteiger partial charge on any atom is -0.354 e. The number of hydrogen-bond acceptors (Lipinski definition) is 6. The number of nitrogens with two attached hydrogens (primary N) is 1. The Morgan fingerprint density at radius 1 is 1.50 bits per heavy atom. The Morgan fingerprint density at radius 3 is 2.96 bits per heavy atom. The molecule has 2 N–H and O–H groups in total. The highest BCUT2D eigenvalue weighted by atomic mass is 35.5. The van der Waals surface area contributed by atoms with Gasteiger partial charge in [-0.1, -0.05) is 35.1 Å². The van der Waals surface area contributed by atoms with E-state index >= 15 is 0 Å². The maximum Gasteiger partial charge on any atom is 0.275 e. The van der Waals surface area contributed by atoms with Crippen LogP contribution in [0.4, 0.5) is 5.13 Å². The van der Waals surface area contributed by atoms with Crippen LogP contribution in [0.15, 0.2) is 24.3 Å². The maximum atomic E-state index is 13.1. The van der Waals surface area contributed by atoms with E-state index in [1.807, 2.05) is 48.2 Å². The fraction of sp³-hybridized carbons (Fsp3) is 0.375. The van der Waals surface area contributed by atoms with Gasteiger partial charge in [0.05, 0.1) is 10.3 Å². The molecule has 2 aromatic rings. The van der Waals surface area contributed by atoms with Gasteiger partial charge in [-0.2, -0.15) is 0 Å². The molecular weight excluding hydrogens is 364 g/mol. The number of hydrogen-bond donors (Lipinski definition) is 1. The molecule has 3 rings (SSSR count). The second-order valence-electron chi connectivity index (χ2n) is 5.64. The monoisotopic (exact) mass is 382 g/mol.